The van der Waals surface area contributed by atoms with Crippen molar-refractivity contribution in [2.75, 3.05) is 0 Å². The van der Waals surface area contributed by atoms with Crippen LogP contribution in [0.5, 0.6) is 0 Å². The Balaban J connectivity index is 2.01. The molecular formula is C24H14N2O4S2. The third-order valence-corrected chi connectivity index (χ3v) is 6.71. The van der Waals surface area contributed by atoms with Crippen molar-refractivity contribution >= 4 is 41.6 Å². The van der Waals surface area contributed by atoms with Crippen LogP contribution in [-0.2, 0) is 20.6 Å². The van der Waals surface area contributed by atoms with Crippen LogP contribution in [0.15, 0.2) is 95.1 Å². The van der Waals surface area contributed by atoms with Gasteiger partial charge in [0, 0.05) is 28.5 Å². The molecule has 3 aromatic carbocycles. The van der Waals surface area contributed by atoms with E-state index < -0.39 is 20.6 Å². The summed E-state index contributed by atoms with van der Waals surface area (Å²) in [7, 11) is -5.07. The van der Waals surface area contributed by atoms with Crippen molar-refractivity contribution in [2.45, 2.75) is 0 Å². The normalized spacial score (nSPS) is 14.2. The number of hydrogen-bond acceptors (Lipinski definition) is 6. The number of rotatable bonds is 2. The van der Waals surface area contributed by atoms with Crippen molar-refractivity contribution in [1.82, 2.24) is 0 Å². The lowest BCUT2D eigenvalue weighted by atomic mass is 9.90. The summed E-state index contributed by atoms with van der Waals surface area (Å²) in [5.41, 5.74) is 3.18. The van der Waals surface area contributed by atoms with Crippen LogP contribution in [0.25, 0.3) is 11.3 Å². The van der Waals surface area contributed by atoms with Gasteiger partial charge in [-0.1, -0.05) is 72.8 Å². The minimum Gasteiger partial charge on any atom is -0.254 e. The van der Waals surface area contributed by atoms with Gasteiger partial charge in [0.2, 0.25) is 20.6 Å². The summed E-state index contributed by atoms with van der Waals surface area (Å²) in [4.78, 5) is 9.39. The Bertz CT molecular complexity index is 1730. The van der Waals surface area contributed by atoms with Crippen molar-refractivity contribution in [3.63, 3.8) is 0 Å². The van der Waals surface area contributed by atoms with Gasteiger partial charge in [0.1, 0.15) is 9.73 Å². The lowest BCUT2D eigenvalue weighted by molar-refractivity contribution is 0.625. The van der Waals surface area contributed by atoms with E-state index in [1.165, 1.54) is 12.3 Å². The minimum absolute atomic E-state index is 0.0805. The standard InChI is InChI=1S/C24H14N2O4S2/c27-31(28)19-13-14-25-22-17(19)11-12-18-23(22)26-21(16-9-5-2-6-10-16)20(24(18)32(29)30)15-7-3-1-4-8-15/h1-14H. The molecule has 0 radical (unpaired) electrons. The predicted octanol–water partition coefficient (Wildman–Crippen LogP) is 1.83. The molecule has 0 bridgehead atoms. The van der Waals surface area contributed by atoms with E-state index in [1.807, 2.05) is 60.7 Å². The van der Waals surface area contributed by atoms with Crippen molar-refractivity contribution < 1.29 is 16.8 Å². The zero-order valence-corrected chi connectivity index (χ0v) is 18.1. The molecule has 0 amide bonds. The van der Waals surface area contributed by atoms with Crippen LogP contribution < -0.4 is 10.7 Å². The molecule has 0 fully saturated rings. The fourth-order valence-electron chi connectivity index (χ4n) is 3.88. The Morgan fingerprint density at radius 1 is 0.625 bits per heavy atom. The van der Waals surface area contributed by atoms with Crippen LogP contribution in [-0.4, -0.2) is 26.6 Å². The van der Waals surface area contributed by atoms with Gasteiger partial charge in [-0.15, -0.1) is 0 Å². The molecule has 0 saturated carbocycles. The average Bonchev–Trinajstić information content (AvgIpc) is 2.83. The van der Waals surface area contributed by atoms with Crippen molar-refractivity contribution in [2.24, 2.45) is 9.98 Å². The Morgan fingerprint density at radius 2 is 1.25 bits per heavy atom. The largest absolute Gasteiger partial charge is 0.254 e. The molecule has 3 aromatic rings. The quantitative estimate of drug-likeness (QED) is 0.548. The van der Waals surface area contributed by atoms with Gasteiger partial charge in [0.25, 0.3) is 0 Å². The first-order valence-corrected chi connectivity index (χ1v) is 11.8. The van der Waals surface area contributed by atoms with Crippen molar-refractivity contribution in [3.05, 3.63) is 118 Å². The zero-order chi connectivity index (χ0) is 22.2. The molecule has 0 aromatic heterocycles. The highest BCUT2D eigenvalue weighted by Crippen LogP contribution is 2.32. The van der Waals surface area contributed by atoms with E-state index in [0.717, 1.165) is 5.56 Å². The molecule has 0 spiro atoms. The SMILES string of the molecule is O=S(=O)=C1C=CN=c2c1ccc1c2=NC(c2ccccc2)=C(c2ccccc2)C1=S(=O)=O. The second-order valence-corrected chi connectivity index (χ2v) is 8.82. The third-order valence-electron chi connectivity index (χ3n) is 5.23. The number of fused-ring (bicyclic) bond motifs is 3. The van der Waals surface area contributed by atoms with E-state index in [4.69, 9.17) is 4.99 Å². The summed E-state index contributed by atoms with van der Waals surface area (Å²) in [5, 5.41) is 0.653. The van der Waals surface area contributed by atoms with E-state index in [9.17, 15) is 16.8 Å². The van der Waals surface area contributed by atoms with Crippen LogP contribution in [0.4, 0.5) is 0 Å². The number of allylic oxidation sites excluding steroid dienone is 2. The summed E-state index contributed by atoms with van der Waals surface area (Å²) in [6, 6.07) is 21.7. The molecule has 0 saturated heterocycles. The fourth-order valence-corrected chi connectivity index (χ4v) is 5.12. The maximum absolute atomic E-state index is 12.6. The maximum Gasteiger partial charge on any atom is 0.222 e. The fraction of sp³-hybridized carbons (Fsp3) is 0. The van der Waals surface area contributed by atoms with E-state index in [0.29, 0.717) is 38.7 Å². The van der Waals surface area contributed by atoms with Crippen LogP contribution in [0.1, 0.15) is 22.3 Å². The smallest absolute Gasteiger partial charge is 0.222 e. The van der Waals surface area contributed by atoms with Gasteiger partial charge >= 0.3 is 0 Å². The molecule has 5 rings (SSSR count). The summed E-state index contributed by atoms with van der Waals surface area (Å²) >= 11 is 0. The Hall–Kier alpha value is -3.88. The molecule has 2 heterocycles. The van der Waals surface area contributed by atoms with Gasteiger partial charge in [0.05, 0.1) is 16.4 Å². The number of nitrogens with zero attached hydrogens (tertiary/aromatic N) is 2. The molecule has 0 unspecified atom stereocenters. The molecule has 32 heavy (non-hydrogen) atoms. The summed E-state index contributed by atoms with van der Waals surface area (Å²) in [6.07, 6.45) is 2.79. The van der Waals surface area contributed by atoms with Crippen LogP contribution in [0.2, 0.25) is 0 Å². The van der Waals surface area contributed by atoms with Gasteiger partial charge in [-0.05, 0) is 11.6 Å². The van der Waals surface area contributed by atoms with Gasteiger partial charge < -0.3 is 0 Å². The van der Waals surface area contributed by atoms with Crippen LogP contribution in [0.3, 0.4) is 0 Å². The van der Waals surface area contributed by atoms with E-state index in [1.54, 1.807) is 12.1 Å². The third kappa shape index (κ3) is 3.26. The van der Waals surface area contributed by atoms with Crippen molar-refractivity contribution in [1.29, 1.82) is 0 Å². The van der Waals surface area contributed by atoms with Gasteiger partial charge in [0.15, 0.2) is 0 Å². The molecule has 156 valence electrons. The first-order chi connectivity index (χ1) is 15.6. The van der Waals surface area contributed by atoms with Crippen LogP contribution in [0, 0.1) is 0 Å². The van der Waals surface area contributed by atoms with E-state index >= 15 is 0 Å². The maximum atomic E-state index is 12.6. The second kappa shape index (κ2) is 7.99. The highest BCUT2D eigenvalue weighted by molar-refractivity contribution is 7.74. The second-order valence-electron chi connectivity index (χ2n) is 7.03. The monoisotopic (exact) mass is 458 g/mol. The zero-order valence-electron chi connectivity index (χ0n) is 16.4. The first-order valence-electron chi connectivity index (χ1n) is 9.61. The molecule has 0 atom stereocenters. The lowest BCUT2D eigenvalue weighted by Gasteiger charge is -2.20. The summed E-state index contributed by atoms with van der Waals surface area (Å²) in [5.74, 6) is 0. The summed E-state index contributed by atoms with van der Waals surface area (Å²) < 4.78 is 48.5. The molecule has 2 aliphatic heterocycles. The molecule has 8 heteroatoms. The van der Waals surface area contributed by atoms with Gasteiger partial charge in [-0.2, -0.15) is 16.8 Å². The minimum atomic E-state index is -2.60. The average molecular weight is 459 g/mol. The van der Waals surface area contributed by atoms with Crippen molar-refractivity contribution in [3.8, 4) is 0 Å². The first kappa shape index (κ1) is 20.0. The molecule has 2 aliphatic rings. The van der Waals surface area contributed by atoms with Gasteiger partial charge in [-0.25, -0.2) is 4.99 Å². The molecule has 0 N–H and O–H groups in total. The molecule has 0 aliphatic carbocycles. The van der Waals surface area contributed by atoms with E-state index in [2.05, 4.69) is 4.99 Å². The predicted molar refractivity (Wildman–Crippen MR) is 124 cm³/mol. The Morgan fingerprint density at radius 3 is 1.88 bits per heavy atom. The Kier molecular flexibility index (Phi) is 5.01. The van der Waals surface area contributed by atoms with Crippen LogP contribution >= 0.6 is 0 Å². The molecular weight excluding hydrogens is 444 g/mol. The lowest BCUT2D eigenvalue weighted by Crippen LogP contribution is -2.39. The number of benzene rings is 3. The highest BCUT2D eigenvalue weighted by atomic mass is 32.2. The highest BCUT2D eigenvalue weighted by Gasteiger charge is 2.27. The number of hydrogen-bond donors (Lipinski definition) is 0. The van der Waals surface area contributed by atoms with Gasteiger partial charge in [-0.3, -0.25) is 4.99 Å². The van der Waals surface area contributed by atoms with E-state index in [-0.39, 0.29) is 9.73 Å². The Labute approximate surface area is 186 Å². The summed E-state index contributed by atoms with van der Waals surface area (Å²) in [6.45, 7) is 0. The molecule has 6 nitrogen and oxygen atoms in total. The topological polar surface area (TPSA) is 93.0 Å².